The van der Waals surface area contributed by atoms with E-state index in [9.17, 15) is 13.2 Å². The fourth-order valence-corrected chi connectivity index (χ4v) is 5.90. The van der Waals surface area contributed by atoms with Crippen LogP contribution >= 0.6 is 0 Å². The molecule has 0 atom stereocenters. The Morgan fingerprint density at radius 1 is 0.921 bits per heavy atom. The molecule has 0 aromatic heterocycles. The van der Waals surface area contributed by atoms with Crippen molar-refractivity contribution in [2.45, 2.75) is 37.8 Å². The Labute approximate surface area is 225 Å². The molecule has 1 N–H and O–H groups in total. The predicted molar refractivity (Wildman–Crippen MR) is 148 cm³/mol. The number of ether oxygens (including phenoxy) is 2. The van der Waals surface area contributed by atoms with Crippen LogP contribution in [0.4, 0.5) is 5.69 Å². The van der Waals surface area contributed by atoms with Crippen molar-refractivity contribution in [1.29, 1.82) is 0 Å². The van der Waals surface area contributed by atoms with E-state index in [-0.39, 0.29) is 17.1 Å². The first-order valence-electron chi connectivity index (χ1n) is 12.7. The van der Waals surface area contributed by atoms with Gasteiger partial charge < -0.3 is 14.8 Å². The summed E-state index contributed by atoms with van der Waals surface area (Å²) in [5, 5.41) is 2.86. The van der Waals surface area contributed by atoms with Crippen molar-refractivity contribution >= 4 is 21.6 Å². The zero-order valence-corrected chi connectivity index (χ0v) is 23.0. The summed E-state index contributed by atoms with van der Waals surface area (Å²) in [7, 11) is -1.14. The van der Waals surface area contributed by atoms with E-state index in [4.69, 9.17) is 9.47 Å². The number of amides is 1. The largest absolute Gasteiger partial charge is 0.497 e. The van der Waals surface area contributed by atoms with Gasteiger partial charge in [0.2, 0.25) is 5.91 Å². The molecule has 3 aromatic rings. The van der Waals surface area contributed by atoms with E-state index >= 15 is 0 Å². The van der Waals surface area contributed by atoms with Crippen LogP contribution in [0.3, 0.4) is 0 Å². The van der Waals surface area contributed by atoms with Gasteiger partial charge in [-0.15, -0.1) is 0 Å². The molecule has 9 heteroatoms. The first-order chi connectivity index (χ1) is 18.3. The molecular weight excluding hydrogens is 502 g/mol. The summed E-state index contributed by atoms with van der Waals surface area (Å²) in [6.07, 6.45) is 2.50. The monoisotopic (exact) mass is 537 g/mol. The zero-order chi connectivity index (χ0) is 27.1. The van der Waals surface area contributed by atoms with E-state index in [1.54, 1.807) is 30.3 Å². The molecule has 3 aromatic carbocycles. The van der Waals surface area contributed by atoms with E-state index in [1.807, 2.05) is 19.1 Å². The number of carbonyl (C=O) groups excluding carboxylic acids is 1. The van der Waals surface area contributed by atoms with Gasteiger partial charge in [-0.05, 0) is 68.2 Å². The van der Waals surface area contributed by atoms with Gasteiger partial charge in [-0.1, -0.05) is 42.0 Å². The number of benzene rings is 3. The highest BCUT2D eigenvalue weighted by molar-refractivity contribution is 7.92. The van der Waals surface area contributed by atoms with Crippen LogP contribution in [0.15, 0.2) is 71.6 Å². The van der Waals surface area contributed by atoms with Crippen LogP contribution in [0.5, 0.6) is 11.5 Å². The normalized spacial score (nSPS) is 13.8. The maximum absolute atomic E-state index is 13.7. The second-order valence-corrected chi connectivity index (χ2v) is 11.3. The van der Waals surface area contributed by atoms with Gasteiger partial charge in [0.15, 0.2) is 0 Å². The lowest BCUT2D eigenvalue weighted by atomic mass is 10.1. The number of carbonyl (C=O) groups is 1. The van der Waals surface area contributed by atoms with Crippen molar-refractivity contribution in [3.63, 3.8) is 0 Å². The van der Waals surface area contributed by atoms with E-state index in [1.165, 1.54) is 44.8 Å². The summed E-state index contributed by atoms with van der Waals surface area (Å²) >= 11 is 0. The number of likely N-dealkylation sites (tertiary alicyclic amines) is 1. The third kappa shape index (κ3) is 6.65. The number of anilines is 1. The van der Waals surface area contributed by atoms with Gasteiger partial charge in [-0.3, -0.25) is 14.0 Å². The smallest absolute Gasteiger partial charge is 0.264 e. The molecule has 8 nitrogen and oxygen atoms in total. The van der Waals surface area contributed by atoms with E-state index < -0.39 is 22.5 Å². The fourth-order valence-electron chi connectivity index (χ4n) is 4.48. The molecule has 202 valence electrons. The topological polar surface area (TPSA) is 88.2 Å². The molecule has 1 aliphatic heterocycles. The Hall–Kier alpha value is -3.56. The summed E-state index contributed by atoms with van der Waals surface area (Å²) in [6, 6.07) is 19.5. The first kappa shape index (κ1) is 27.5. The predicted octanol–water partition coefficient (Wildman–Crippen LogP) is 4.12. The molecule has 38 heavy (non-hydrogen) atoms. The van der Waals surface area contributed by atoms with Crippen LogP contribution < -0.4 is 19.1 Å². The highest BCUT2D eigenvalue weighted by atomic mass is 32.2. The fraction of sp³-hybridized carbons (Fsp3) is 0.345. The summed E-state index contributed by atoms with van der Waals surface area (Å²) in [5.74, 6) is 0.314. The van der Waals surface area contributed by atoms with E-state index in [2.05, 4.69) is 22.3 Å². The molecule has 1 fully saturated rings. The van der Waals surface area contributed by atoms with Crippen molar-refractivity contribution in [2.75, 3.05) is 38.2 Å². The molecule has 0 spiro atoms. The number of hydrogen-bond donors (Lipinski definition) is 1. The summed E-state index contributed by atoms with van der Waals surface area (Å²) in [4.78, 5) is 15.6. The van der Waals surface area contributed by atoms with Gasteiger partial charge in [0.25, 0.3) is 10.0 Å². The van der Waals surface area contributed by atoms with Crippen molar-refractivity contribution in [2.24, 2.45) is 0 Å². The third-order valence-electron chi connectivity index (χ3n) is 6.67. The molecule has 1 amide bonds. The van der Waals surface area contributed by atoms with Crippen molar-refractivity contribution in [3.8, 4) is 11.5 Å². The molecular formula is C29H35N3O5S. The molecule has 1 aliphatic rings. The number of sulfonamides is 1. The minimum atomic E-state index is -4.09. The van der Waals surface area contributed by atoms with Crippen molar-refractivity contribution in [3.05, 3.63) is 83.4 Å². The van der Waals surface area contributed by atoms with Gasteiger partial charge in [0.05, 0.1) is 24.8 Å². The summed E-state index contributed by atoms with van der Waals surface area (Å²) < 4.78 is 39.3. The van der Waals surface area contributed by atoms with Crippen LogP contribution in [-0.2, 0) is 27.9 Å². The minimum Gasteiger partial charge on any atom is -0.497 e. The maximum Gasteiger partial charge on any atom is 0.264 e. The number of methoxy groups -OCH3 is 2. The van der Waals surface area contributed by atoms with Gasteiger partial charge in [0, 0.05) is 19.2 Å². The lowest BCUT2D eigenvalue weighted by Gasteiger charge is -2.26. The number of rotatable bonds is 11. The molecule has 0 unspecified atom stereocenters. The van der Waals surface area contributed by atoms with E-state index in [0.717, 1.165) is 35.1 Å². The molecule has 4 rings (SSSR count). The average molecular weight is 538 g/mol. The number of hydrogen-bond acceptors (Lipinski definition) is 6. The van der Waals surface area contributed by atoms with Crippen LogP contribution in [0, 0.1) is 6.92 Å². The van der Waals surface area contributed by atoms with Crippen LogP contribution in [0.1, 0.15) is 29.5 Å². The quantitative estimate of drug-likeness (QED) is 0.396. The lowest BCUT2D eigenvalue weighted by molar-refractivity contribution is -0.119. The van der Waals surface area contributed by atoms with Gasteiger partial charge in [-0.25, -0.2) is 8.42 Å². The Morgan fingerprint density at radius 3 is 2.21 bits per heavy atom. The van der Waals surface area contributed by atoms with Crippen LogP contribution in [-0.4, -0.2) is 53.1 Å². The van der Waals surface area contributed by atoms with E-state index in [0.29, 0.717) is 11.5 Å². The van der Waals surface area contributed by atoms with Crippen LogP contribution in [0.2, 0.25) is 0 Å². The number of aryl methyl sites for hydroxylation is 1. The van der Waals surface area contributed by atoms with Gasteiger partial charge in [0.1, 0.15) is 18.0 Å². The van der Waals surface area contributed by atoms with Crippen molar-refractivity contribution < 1.29 is 22.7 Å². The van der Waals surface area contributed by atoms with Crippen molar-refractivity contribution in [1.82, 2.24) is 10.2 Å². The summed E-state index contributed by atoms with van der Waals surface area (Å²) in [6.45, 7) is 4.95. The number of nitrogens with zero attached hydrogens (tertiary/aromatic N) is 2. The first-order valence-corrected chi connectivity index (χ1v) is 14.1. The number of nitrogens with one attached hydrogen (secondary N) is 1. The minimum absolute atomic E-state index is 0.0781. The third-order valence-corrected chi connectivity index (χ3v) is 8.44. The van der Waals surface area contributed by atoms with Crippen LogP contribution in [0.25, 0.3) is 0 Å². The van der Waals surface area contributed by atoms with Gasteiger partial charge >= 0.3 is 0 Å². The summed E-state index contributed by atoms with van der Waals surface area (Å²) in [5.41, 5.74) is 3.32. The molecule has 0 aliphatic carbocycles. The Bertz CT molecular complexity index is 1340. The zero-order valence-electron chi connectivity index (χ0n) is 22.1. The molecule has 1 heterocycles. The standard InChI is InChI=1S/C29H35N3O5S/c1-22-6-13-26(14-7-22)38(34,35)32(27-18-25(36-2)12-15-28(27)37-3)21-29(33)30-19-23-8-10-24(11-9-23)20-31-16-4-5-17-31/h6-15,18H,4-5,16-17,19-21H2,1-3H3,(H,30,33). The average Bonchev–Trinajstić information content (AvgIpc) is 3.44. The Morgan fingerprint density at radius 2 is 1.58 bits per heavy atom. The maximum atomic E-state index is 13.7. The Balaban J connectivity index is 1.52. The second-order valence-electron chi connectivity index (χ2n) is 9.44. The SMILES string of the molecule is COc1ccc(OC)c(N(CC(=O)NCc2ccc(CN3CCCC3)cc2)S(=O)(=O)c2ccc(C)cc2)c1. The highest BCUT2D eigenvalue weighted by Crippen LogP contribution is 2.35. The molecule has 0 saturated carbocycles. The van der Waals surface area contributed by atoms with Gasteiger partial charge in [-0.2, -0.15) is 0 Å². The Kier molecular flexibility index (Phi) is 8.91. The molecule has 0 bridgehead atoms. The lowest BCUT2D eigenvalue weighted by Crippen LogP contribution is -2.40. The molecule has 0 radical (unpaired) electrons. The molecule has 1 saturated heterocycles. The second kappa shape index (κ2) is 12.3. The highest BCUT2D eigenvalue weighted by Gasteiger charge is 2.30.